The van der Waals surface area contributed by atoms with Gasteiger partial charge in [0.25, 0.3) is 0 Å². The predicted molar refractivity (Wildman–Crippen MR) is 166 cm³/mol. The predicted octanol–water partition coefficient (Wildman–Crippen LogP) is 8.28. The summed E-state index contributed by atoms with van der Waals surface area (Å²) in [6.45, 7) is 13.0. The topological polar surface area (TPSA) is 57.4 Å². The molecular formula is C35H36N4. The minimum Gasteiger partial charge on any atom is -0.355 e. The highest BCUT2D eigenvalue weighted by Gasteiger charge is 2.21. The van der Waals surface area contributed by atoms with Crippen molar-refractivity contribution in [2.24, 2.45) is 0 Å². The molecule has 0 amide bonds. The van der Waals surface area contributed by atoms with Gasteiger partial charge in [-0.1, -0.05) is 46.5 Å². The quantitative estimate of drug-likeness (QED) is 0.338. The number of allylic oxidation sites excluding steroid dienone is 4. The van der Waals surface area contributed by atoms with Crippen LogP contribution in [0.15, 0.2) is 24.3 Å². The molecule has 3 aromatic heterocycles. The number of nitrogens with one attached hydrogen (secondary N) is 2. The first-order valence-electron chi connectivity index (χ1n) is 14.1. The van der Waals surface area contributed by atoms with Crippen molar-refractivity contribution in [2.75, 3.05) is 0 Å². The van der Waals surface area contributed by atoms with Crippen LogP contribution < -0.4 is 0 Å². The Balaban J connectivity index is 2.04. The molecule has 0 saturated heterocycles. The fourth-order valence-corrected chi connectivity index (χ4v) is 6.18. The largest absolute Gasteiger partial charge is 0.355 e. The molecule has 0 aromatic carbocycles. The lowest BCUT2D eigenvalue weighted by Crippen LogP contribution is -1.86. The number of terminal acetylenes is 2. The van der Waals surface area contributed by atoms with Crippen LogP contribution in [0, 0.1) is 24.7 Å². The van der Waals surface area contributed by atoms with E-state index in [-0.39, 0.29) is 0 Å². The zero-order valence-corrected chi connectivity index (χ0v) is 23.9. The normalized spacial score (nSPS) is 13.1. The third-order valence-electron chi connectivity index (χ3n) is 8.13. The summed E-state index contributed by atoms with van der Waals surface area (Å²) in [5.41, 5.74) is 16.7. The highest BCUT2D eigenvalue weighted by Crippen LogP contribution is 2.37. The van der Waals surface area contributed by atoms with Gasteiger partial charge in [0.1, 0.15) is 0 Å². The minimum absolute atomic E-state index is 0.787. The van der Waals surface area contributed by atoms with Crippen molar-refractivity contribution in [3.05, 3.63) is 69.3 Å². The van der Waals surface area contributed by atoms with Crippen molar-refractivity contribution >= 4 is 44.4 Å². The summed E-state index contributed by atoms with van der Waals surface area (Å²) in [7, 11) is 0. The molecule has 0 unspecified atom stereocenters. The Morgan fingerprint density at radius 1 is 0.590 bits per heavy atom. The van der Waals surface area contributed by atoms with Crippen molar-refractivity contribution in [2.45, 2.75) is 73.6 Å². The van der Waals surface area contributed by atoms with Gasteiger partial charge in [-0.15, -0.1) is 12.8 Å². The smallest absolute Gasteiger partial charge is 0.0817 e. The molecule has 0 fully saturated rings. The SMILES string of the molecule is C#CC1=C(CC)c2cc3nc(cc4[nH]c(cc5[nH]c(cc1n2)c(CC)c5C#C)c(CC)c4CC)C(CC)=C3C. The molecule has 3 aromatic rings. The first-order valence-corrected chi connectivity index (χ1v) is 14.1. The van der Waals surface area contributed by atoms with Crippen LogP contribution in [-0.2, 0) is 19.3 Å². The van der Waals surface area contributed by atoms with E-state index in [1.165, 1.54) is 22.3 Å². The molecule has 196 valence electrons. The second-order valence-electron chi connectivity index (χ2n) is 10.1. The summed E-state index contributed by atoms with van der Waals surface area (Å²) in [5.74, 6) is 5.88. The number of aromatic amines is 2. The Morgan fingerprint density at radius 3 is 1.72 bits per heavy atom. The van der Waals surface area contributed by atoms with Gasteiger partial charge in [-0.25, -0.2) is 9.97 Å². The van der Waals surface area contributed by atoms with Crippen LogP contribution in [0.2, 0.25) is 0 Å². The second-order valence-corrected chi connectivity index (χ2v) is 10.1. The summed E-state index contributed by atoms with van der Waals surface area (Å²) >= 11 is 0. The first kappa shape index (κ1) is 26.3. The summed E-state index contributed by atoms with van der Waals surface area (Å²) in [5, 5.41) is 0. The van der Waals surface area contributed by atoms with E-state index in [1.54, 1.807) is 0 Å². The van der Waals surface area contributed by atoms with Crippen LogP contribution in [0.5, 0.6) is 0 Å². The first-order chi connectivity index (χ1) is 18.9. The molecule has 4 heteroatoms. The highest BCUT2D eigenvalue weighted by atomic mass is 14.8. The van der Waals surface area contributed by atoms with Gasteiger partial charge in [0.15, 0.2) is 0 Å². The minimum atomic E-state index is 0.787. The monoisotopic (exact) mass is 512 g/mol. The van der Waals surface area contributed by atoms with Gasteiger partial charge in [0, 0.05) is 16.6 Å². The van der Waals surface area contributed by atoms with Gasteiger partial charge in [-0.2, -0.15) is 0 Å². The average molecular weight is 513 g/mol. The Labute approximate surface area is 231 Å². The van der Waals surface area contributed by atoms with Crippen molar-refractivity contribution < 1.29 is 0 Å². The molecule has 2 N–H and O–H groups in total. The van der Waals surface area contributed by atoms with E-state index in [2.05, 4.69) is 87.6 Å². The lowest BCUT2D eigenvalue weighted by atomic mass is 10.0. The Hall–Kier alpha value is -4.28. The second kappa shape index (κ2) is 10.5. The molecule has 0 aliphatic carbocycles. The van der Waals surface area contributed by atoms with Crippen molar-refractivity contribution in [3.63, 3.8) is 0 Å². The maximum absolute atomic E-state index is 6.09. The van der Waals surface area contributed by atoms with E-state index >= 15 is 0 Å². The Bertz CT molecular complexity index is 1810. The van der Waals surface area contributed by atoms with Crippen LogP contribution in [0.1, 0.15) is 99.4 Å². The lowest BCUT2D eigenvalue weighted by molar-refractivity contribution is 1.07. The van der Waals surface area contributed by atoms with Crippen LogP contribution in [-0.4, -0.2) is 19.9 Å². The van der Waals surface area contributed by atoms with E-state index in [1.807, 2.05) is 0 Å². The Morgan fingerprint density at radius 2 is 1.13 bits per heavy atom. The molecular weight excluding hydrogens is 476 g/mol. The number of hydrogen-bond donors (Lipinski definition) is 2. The number of hydrogen-bond acceptors (Lipinski definition) is 2. The number of fused-ring (bicyclic) bond motifs is 8. The van der Waals surface area contributed by atoms with Gasteiger partial charge in [0.05, 0.1) is 39.4 Å². The van der Waals surface area contributed by atoms with Gasteiger partial charge in [-0.05, 0) is 96.7 Å². The summed E-state index contributed by atoms with van der Waals surface area (Å²) in [4.78, 5) is 17.5. The van der Waals surface area contributed by atoms with E-state index in [0.717, 1.165) is 99.2 Å². The molecule has 5 rings (SSSR count). The van der Waals surface area contributed by atoms with Gasteiger partial charge in [-0.3, -0.25) is 0 Å². The van der Waals surface area contributed by atoms with Gasteiger partial charge < -0.3 is 9.97 Å². The highest BCUT2D eigenvalue weighted by molar-refractivity contribution is 6.00. The third kappa shape index (κ3) is 4.21. The number of rotatable bonds is 5. The molecule has 0 atom stereocenters. The third-order valence-corrected chi connectivity index (χ3v) is 8.13. The summed E-state index contributed by atoms with van der Waals surface area (Å²) in [6, 6.07) is 8.55. The molecule has 39 heavy (non-hydrogen) atoms. The maximum atomic E-state index is 6.09. The standard InChI is InChI=1S/C35H36N4/c1-9-21-20(8)28-16-30-22(10-2)23(11-3)32(37-30)18-34-26(14-6)27(15-7)35(39-34)19-33-25(13-5)24(12-4)31(38-33)17-29(21)36-28/h3,7,16-19,38-39H,9-10,12-14H2,1-2,4-6,8H3. The number of aromatic nitrogens is 4. The Kier molecular flexibility index (Phi) is 7.07. The van der Waals surface area contributed by atoms with Crippen LogP contribution in [0.25, 0.3) is 44.4 Å². The lowest BCUT2D eigenvalue weighted by Gasteiger charge is -2.01. The average Bonchev–Trinajstić information content (AvgIpc) is 3.64. The fourth-order valence-electron chi connectivity index (χ4n) is 6.18. The van der Waals surface area contributed by atoms with E-state index < -0.39 is 0 Å². The van der Waals surface area contributed by atoms with E-state index in [0.29, 0.717) is 0 Å². The molecule has 8 bridgehead atoms. The van der Waals surface area contributed by atoms with Crippen molar-refractivity contribution in [3.8, 4) is 24.7 Å². The molecule has 0 radical (unpaired) electrons. The number of aryl methyl sites for hydroxylation is 3. The van der Waals surface area contributed by atoms with Crippen LogP contribution in [0.3, 0.4) is 0 Å². The molecule has 0 spiro atoms. The van der Waals surface area contributed by atoms with Gasteiger partial charge >= 0.3 is 0 Å². The van der Waals surface area contributed by atoms with E-state index in [4.69, 9.17) is 22.8 Å². The molecule has 0 saturated carbocycles. The van der Waals surface area contributed by atoms with Crippen molar-refractivity contribution in [1.82, 2.24) is 19.9 Å². The zero-order chi connectivity index (χ0) is 27.8. The maximum Gasteiger partial charge on any atom is 0.0817 e. The fraction of sp³-hybridized carbons (Fsp3) is 0.314. The van der Waals surface area contributed by atoms with Gasteiger partial charge in [0.2, 0.25) is 0 Å². The zero-order valence-electron chi connectivity index (χ0n) is 23.9. The molecule has 4 nitrogen and oxygen atoms in total. The molecule has 2 aliphatic heterocycles. The molecule has 2 aliphatic rings. The number of H-pyrrole nitrogens is 2. The number of nitrogens with zero attached hydrogens (tertiary/aromatic N) is 2. The van der Waals surface area contributed by atoms with Crippen LogP contribution >= 0.6 is 0 Å². The van der Waals surface area contributed by atoms with Crippen molar-refractivity contribution in [1.29, 1.82) is 0 Å². The van der Waals surface area contributed by atoms with E-state index in [9.17, 15) is 0 Å². The summed E-state index contributed by atoms with van der Waals surface area (Å²) < 4.78 is 0. The molecule has 5 heterocycles. The summed E-state index contributed by atoms with van der Waals surface area (Å²) in [6.07, 6.45) is 16.5. The van der Waals surface area contributed by atoms with Crippen LogP contribution in [0.4, 0.5) is 0 Å².